The summed E-state index contributed by atoms with van der Waals surface area (Å²) in [6.07, 6.45) is 4.40. The first-order chi connectivity index (χ1) is 9.02. The summed E-state index contributed by atoms with van der Waals surface area (Å²) in [6.45, 7) is 4.63. The molecule has 1 unspecified atom stereocenters. The van der Waals surface area contributed by atoms with E-state index >= 15 is 0 Å². The summed E-state index contributed by atoms with van der Waals surface area (Å²) in [5.41, 5.74) is 0.695. The number of nitrogens with zero attached hydrogens (tertiary/aromatic N) is 4. The Labute approximate surface area is 129 Å². The molecule has 0 amide bonds. The molecule has 0 fully saturated rings. The molecule has 0 aliphatic carbocycles. The van der Waals surface area contributed by atoms with Crippen molar-refractivity contribution in [2.75, 3.05) is 0 Å². The van der Waals surface area contributed by atoms with Crippen molar-refractivity contribution in [1.29, 1.82) is 0 Å². The fourth-order valence-electron chi connectivity index (χ4n) is 1.63. The molecule has 0 spiro atoms. The van der Waals surface area contributed by atoms with Crippen LogP contribution in [0.5, 0.6) is 0 Å². The minimum Gasteiger partial charge on any atom is -0.292 e. The molecule has 0 aliphatic rings. The van der Waals surface area contributed by atoms with E-state index in [-0.39, 0.29) is 10.7 Å². The van der Waals surface area contributed by atoms with Crippen molar-refractivity contribution >= 4 is 34.2 Å². The maximum Gasteiger partial charge on any atom is 0.268 e. The lowest BCUT2D eigenvalue weighted by molar-refractivity contribution is 0.471. The lowest BCUT2D eigenvalue weighted by Gasteiger charge is -2.08. The van der Waals surface area contributed by atoms with Crippen LogP contribution in [-0.2, 0) is 6.54 Å². The van der Waals surface area contributed by atoms with Crippen LogP contribution >= 0.6 is 34.2 Å². The van der Waals surface area contributed by atoms with E-state index in [4.69, 9.17) is 11.6 Å². The van der Waals surface area contributed by atoms with E-state index in [1.165, 1.54) is 10.9 Å². The first-order valence-corrected chi connectivity index (χ1v) is 7.43. The second-order valence-corrected chi connectivity index (χ2v) is 5.76. The van der Waals surface area contributed by atoms with Gasteiger partial charge in [0.15, 0.2) is 0 Å². The maximum absolute atomic E-state index is 12.0. The molecule has 1 atom stereocenters. The summed E-state index contributed by atoms with van der Waals surface area (Å²) in [7, 11) is 0. The molecule has 0 aromatic carbocycles. The van der Waals surface area contributed by atoms with Gasteiger partial charge in [-0.2, -0.15) is 5.10 Å². The SMILES string of the molecule is CCC(C)n1ccc(Cn2cnc(Cl)c(I)c2=O)n1. The molecule has 0 saturated carbocycles. The van der Waals surface area contributed by atoms with Crippen LogP contribution in [0, 0.1) is 3.57 Å². The van der Waals surface area contributed by atoms with E-state index in [1.807, 2.05) is 39.5 Å². The molecule has 0 saturated heterocycles. The van der Waals surface area contributed by atoms with Gasteiger partial charge in [0.1, 0.15) is 8.72 Å². The minimum atomic E-state index is -0.140. The van der Waals surface area contributed by atoms with Crippen LogP contribution in [0.1, 0.15) is 32.0 Å². The predicted molar refractivity (Wildman–Crippen MR) is 82.6 cm³/mol. The van der Waals surface area contributed by atoms with Gasteiger partial charge in [0.25, 0.3) is 5.56 Å². The van der Waals surface area contributed by atoms with E-state index in [2.05, 4.69) is 23.9 Å². The summed E-state index contributed by atoms with van der Waals surface area (Å²) < 4.78 is 3.86. The summed E-state index contributed by atoms with van der Waals surface area (Å²) in [5.74, 6) is 0. The van der Waals surface area contributed by atoms with E-state index in [1.54, 1.807) is 0 Å². The van der Waals surface area contributed by atoms with Gasteiger partial charge in [-0.1, -0.05) is 18.5 Å². The molecule has 0 N–H and O–H groups in total. The Balaban J connectivity index is 2.25. The fourth-order valence-corrected chi connectivity index (χ4v) is 2.20. The summed E-state index contributed by atoms with van der Waals surface area (Å²) >= 11 is 7.71. The van der Waals surface area contributed by atoms with E-state index in [9.17, 15) is 4.79 Å². The highest BCUT2D eigenvalue weighted by Gasteiger charge is 2.09. The zero-order chi connectivity index (χ0) is 14.0. The fraction of sp³-hybridized carbons (Fsp3) is 0.417. The summed E-state index contributed by atoms with van der Waals surface area (Å²) in [4.78, 5) is 16.0. The zero-order valence-electron chi connectivity index (χ0n) is 10.7. The van der Waals surface area contributed by atoms with E-state index in [0.29, 0.717) is 16.2 Å². The van der Waals surface area contributed by atoms with Crippen LogP contribution in [0.2, 0.25) is 5.15 Å². The molecule has 0 radical (unpaired) electrons. The quantitative estimate of drug-likeness (QED) is 0.594. The zero-order valence-corrected chi connectivity index (χ0v) is 13.6. The normalized spacial score (nSPS) is 12.6. The predicted octanol–water partition coefficient (Wildman–Crippen LogP) is 2.72. The standard InChI is InChI=1S/C12H14ClIN4O/c1-3-8(2)18-5-4-9(16-18)6-17-7-15-11(13)10(14)12(17)19/h4-5,7-8H,3,6H2,1-2H3. The number of hydrogen-bond donors (Lipinski definition) is 0. The Bertz CT molecular complexity index is 637. The molecule has 2 rings (SSSR count). The summed E-state index contributed by atoms with van der Waals surface area (Å²) in [5, 5.41) is 4.71. The van der Waals surface area contributed by atoms with Gasteiger partial charge < -0.3 is 0 Å². The first-order valence-electron chi connectivity index (χ1n) is 5.97. The van der Waals surface area contributed by atoms with Crippen LogP contribution in [0.3, 0.4) is 0 Å². The summed E-state index contributed by atoms with van der Waals surface area (Å²) in [6, 6.07) is 2.27. The largest absolute Gasteiger partial charge is 0.292 e. The molecule has 19 heavy (non-hydrogen) atoms. The lowest BCUT2D eigenvalue weighted by atomic mass is 10.3. The molecular weight excluding hydrogens is 379 g/mol. The Hall–Kier alpha value is -0.890. The van der Waals surface area contributed by atoms with Gasteiger partial charge in [-0.05, 0) is 42.0 Å². The average Bonchev–Trinajstić information content (AvgIpc) is 2.87. The van der Waals surface area contributed by atoms with Crippen LogP contribution in [0.4, 0.5) is 0 Å². The highest BCUT2D eigenvalue weighted by molar-refractivity contribution is 14.1. The molecule has 2 heterocycles. The van der Waals surface area contributed by atoms with E-state index in [0.717, 1.165) is 12.1 Å². The van der Waals surface area contributed by atoms with Gasteiger partial charge in [0, 0.05) is 12.2 Å². The lowest BCUT2D eigenvalue weighted by Crippen LogP contribution is -2.24. The van der Waals surface area contributed by atoms with Crippen molar-refractivity contribution in [2.24, 2.45) is 0 Å². The van der Waals surface area contributed by atoms with Crippen LogP contribution < -0.4 is 5.56 Å². The number of hydrogen-bond acceptors (Lipinski definition) is 3. The first kappa shape index (κ1) is 14.5. The Morgan fingerprint density at radius 2 is 2.26 bits per heavy atom. The second-order valence-electron chi connectivity index (χ2n) is 4.33. The molecule has 102 valence electrons. The maximum atomic E-state index is 12.0. The third-order valence-corrected chi connectivity index (χ3v) is 4.56. The van der Waals surface area contributed by atoms with Gasteiger partial charge in [0.05, 0.1) is 18.6 Å². The topological polar surface area (TPSA) is 52.7 Å². The Morgan fingerprint density at radius 3 is 2.95 bits per heavy atom. The van der Waals surface area contributed by atoms with Crippen molar-refractivity contribution < 1.29 is 0 Å². The van der Waals surface area contributed by atoms with Crippen molar-refractivity contribution in [2.45, 2.75) is 32.9 Å². The van der Waals surface area contributed by atoms with Gasteiger partial charge in [-0.3, -0.25) is 14.0 Å². The van der Waals surface area contributed by atoms with Gasteiger partial charge in [0.2, 0.25) is 0 Å². The van der Waals surface area contributed by atoms with Crippen molar-refractivity contribution in [3.8, 4) is 0 Å². The van der Waals surface area contributed by atoms with Crippen LogP contribution in [0.25, 0.3) is 0 Å². The minimum absolute atomic E-state index is 0.140. The van der Waals surface area contributed by atoms with Gasteiger partial charge in [-0.15, -0.1) is 0 Å². The number of rotatable bonds is 4. The third-order valence-electron chi connectivity index (χ3n) is 2.98. The van der Waals surface area contributed by atoms with Crippen LogP contribution in [-0.4, -0.2) is 19.3 Å². The Kier molecular flexibility index (Phi) is 4.62. The average molecular weight is 393 g/mol. The molecule has 2 aromatic rings. The van der Waals surface area contributed by atoms with Gasteiger partial charge in [-0.25, -0.2) is 4.98 Å². The molecule has 2 aromatic heterocycles. The van der Waals surface area contributed by atoms with E-state index < -0.39 is 0 Å². The molecule has 7 heteroatoms. The third kappa shape index (κ3) is 3.17. The van der Waals surface area contributed by atoms with Crippen molar-refractivity contribution in [3.05, 3.63) is 43.4 Å². The van der Waals surface area contributed by atoms with Crippen molar-refractivity contribution in [3.63, 3.8) is 0 Å². The molecule has 0 bridgehead atoms. The van der Waals surface area contributed by atoms with Crippen molar-refractivity contribution in [1.82, 2.24) is 19.3 Å². The smallest absolute Gasteiger partial charge is 0.268 e. The molecule has 5 nitrogen and oxygen atoms in total. The highest BCUT2D eigenvalue weighted by atomic mass is 127. The second kappa shape index (κ2) is 6.04. The van der Waals surface area contributed by atoms with Gasteiger partial charge >= 0.3 is 0 Å². The monoisotopic (exact) mass is 392 g/mol. The molecular formula is C12H14ClIN4O. The molecule has 0 aliphatic heterocycles. The number of halogens is 2. The highest BCUT2D eigenvalue weighted by Crippen LogP contribution is 2.11. The Morgan fingerprint density at radius 1 is 1.53 bits per heavy atom. The number of aromatic nitrogens is 4. The van der Waals surface area contributed by atoms with Crippen LogP contribution in [0.15, 0.2) is 23.4 Å².